The molecule has 0 spiro atoms. The van der Waals surface area contributed by atoms with Crippen LogP contribution in [-0.2, 0) is 12.8 Å². The van der Waals surface area contributed by atoms with Crippen molar-refractivity contribution >= 4 is 34.8 Å². The zero-order chi connectivity index (χ0) is 22.0. The quantitative estimate of drug-likeness (QED) is 0.473. The highest BCUT2D eigenvalue weighted by molar-refractivity contribution is 6.34. The summed E-state index contributed by atoms with van der Waals surface area (Å²) >= 11 is 12.4. The second kappa shape index (κ2) is 9.44. The van der Waals surface area contributed by atoms with Crippen LogP contribution in [0.5, 0.6) is 0 Å². The van der Waals surface area contributed by atoms with E-state index in [0.29, 0.717) is 21.5 Å². The van der Waals surface area contributed by atoms with Crippen molar-refractivity contribution in [1.82, 2.24) is 4.90 Å². The molecule has 1 N–H and O–H groups in total. The Labute approximate surface area is 194 Å². The Morgan fingerprint density at radius 2 is 1.71 bits per heavy atom. The number of fused-ring (bicyclic) bond motifs is 1. The number of rotatable bonds is 5. The molecule has 1 amide bonds. The van der Waals surface area contributed by atoms with Gasteiger partial charge in [0.2, 0.25) is 0 Å². The fourth-order valence-electron chi connectivity index (χ4n) is 4.30. The monoisotopic (exact) mass is 452 g/mol. The third-order valence-electron chi connectivity index (χ3n) is 5.81. The van der Waals surface area contributed by atoms with E-state index in [1.165, 1.54) is 17.5 Å². The van der Waals surface area contributed by atoms with E-state index in [2.05, 4.69) is 36.4 Å². The fraction of sp³-hybridized carbons (Fsp3) is 0.269. The number of benzene rings is 3. The van der Waals surface area contributed by atoms with E-state index in [1.54, 1.807) is 6.07 Å². The first-order chi connectivity index (χ1) is 14.9. The lowest BCUT2D eigenvalue weighted by Crippen LogP contribution is -2.26. The normalized spacial score (nSPS) is 15.6. The summed E-state index contributed by atoms with van der Waals surface area (Å²) < 4.78 is 0. The molecule has 160 valence electrons. The van der Waals surface area contributed by atoms with Crippen LogP contribution < -0.4 is 5.32 Å². The topological polar surface area (TPSA) is 32.3 Å². The van der Waals surface area contributed by atoms with Crippen LogP contribution in [0.1, 0.15) is 27.9 Å². The van der Waals surface area contributed by atoms with Gasteiger partial charge in [-0.05, 0) is 97.9 Å². The van der Waals surface area contributed by atoms with Crippen LogP contribution in [0.4, 0.5) is 5.69 Å². The number of amides is 1. The Morgan fingerprint density at radius 3 is 2.42 bits per heavy atom. The fourth-order valence-corrected chi connectivity index (χ4v) is 4.69. The van der Waals surface area contributed by atoms with Gasteiger partial charge >= 0.3 is 0 Å². The smallest absolute Gasteiger partial charge is 0.257 e. The molecule has 1 aliphatic rings. The van der Waals surface area contributed by atoms with Crippen LogP contribution in [-0.4, -0.2) is 31.4 Å². The van der Waals surface area contributed by atoms with Crippen molar-refractivity contribution in [3.8, 4) is 11.1 Å². The molecule has 3 aromatic rings. The Balaban J connectivity index is 1.47. The number of hydrogen-bond acceptors (Lipinski definition) is 2. The summed E-state index contributed by atoms with van der Waals surface area (Å²) in [5.74, 6) is 0.495. The molecule has 5 heteroatoms. The minimum Gasteiger partial charge on any atom is -0.322 e. The Hall–Kier alpha value is -2.33. The predicted octanol–water partition coefficient (Wildman–Crippen LogP) is 6.58. The minimum absolute atomic E-state index is 0.200. The molecule has 0 fully saturated rings. The van der Waals surface area contributed by atoms with Crippen molar-refractivity contribution in [3.05, 3.63) is 87.4 Å². The second-order valence-corrected chi connectivity index (χ2v) is 9.35. The maximum Gasteiger partial charge on any atom is 0.257 e. The summed E-state index contributed by atoms with van der Waals surface area (Å²) in [5.41, 5.74) is 5.94. The number of anilines is 1. The van der Waals surface area contributed by atoms with E-state index >= 15 is 0 Å². The Kier molecular flexibility index (Phi) is 6.66. The van der Waals surface area contributed by atoms with Crippen molar-refractivity contribution in [1.29, 1.82) is 0 Å². The van der Waals surface area contributed by atoms with Gasteiger partial charge in [-0.15, -0.1) is 0 Å². The number of hydrogen-bond donors (Lipinski definition) is 1. The van der Waals surface area contributed by atoms with Gasteiger partial charge in [0, 0.05) is 17.3 Å². The molecule has 0 bridgehead atoms. The molecule has 4 rings (SSSR count). The number of aryl methyl sites for hydroxylation is 1. The van der Waals surface area contributed by atoms with Gasteiger partial charge in [-0.2, -0.15) is 0 Å². The van der Waals surface area contributed by atoms with Crippen LogP contribution in [0, 0.1) is 5.92 Å². The molecular formula is C26H26Cl2N2O. The van der Waals surface area contributed by atoms with Crippen molar-refractivity contribution in [3.63, 3.8) is 0 Å². The van der Waals surface area contributed by atoms with Gasteiger partial charge < -0.3 is 10.2 Å². The molecule has 31 heavy (non-hydrogen) atoms. The Morgan fingerprint density at radius 1 is 0.968 bits per heavy atom. The first-order valence-electron chi connectivity index (χ1n) is 10.5. The molecule has 0 aromatic heterocycles. The third kappa shape index (κ3) is 5.30. The van der Waals surface area contributed by atoms with Crippen LogP contribution in [0.2, 0.25) is 10.0 Å². The number of nitrogens with zero attached hydrogens (tertiary/aromatic N) is 1. The summed E-state index contributed by atoms with van der Waals surface area (Å²) in [6, 6.07) is 19.3. The lowest BCUT2D eigenvalue weighted by Gasteiger charge is -2.27. The lowest BCUT2D eigenvalue weighted by molar-refractivity contribution is 0.102. The van der Waals surface area contributed by atoms with Crippen molar-refractivity contribution in [2.24, 2.45) is 5.92 Å². The molecule has 3 aromatic carbocycles. The van der Waals surface area contributed by atoms with Crippen molar-refractivity contribution in [2.75, 3.05) is 26.0 Å². The van der Waals surface area contributed by atoms with Crippen LogP contribution in [0.15, 0.2) is 60.7 Å². The van der Waals surface area contributed by atoms with Gasteiger partial charge in [-0.3, -0.25) is 4.79 Å². The number of halogens is 2. The molecular weight excluding hydrogens is 427 g/mol. The van der Waals surface area contributed by atoms with Gasteiger partial charge in [0.1, 0.15) is 0 Å². The molecule has 3 nitrogen and oxygen atoms in total. The second-order valence-electron chi connectivity index (χ2n) is 8.51. The SMILES string of the molecule is CN(C)CC1CCc2cc(NC(=O)c3ccc(-c4ccc(Cl)cc4)cc3Cl)ccc2C1. The van der Waals surface area contributed by atoms with Crippen molar-refractivity contribution in [2.45, 2.75) is 19.3 Å². The first-order valence-corrected chi connectivity index (χ1v) is 11.3. The van der Waals surface area contributed by atoms with E-state index in [9.17, 15) is 4.79 Å². The molecule has 1 atom stereocenters. The van der Waals surface area contributed by atoms with Crippen LogP contribution in [0.25, 0.3) is 11.1 Å². The highest BCUT2D eigenvalue weighted by Gasteiger charge is 2.20. The predicted molar refractivity (Wildman–Crippen MR) is 130 cm³/mol. The maximum absolute atomic E-state index is 12.9. The third-order valence-corrected chi connectivity index (χ3v) is 6.37. The molecule has 0 saturated heterocycles. The first kappa shape index (κ1) is 21.9. The largest absolute Gasteiger partial charge is 0.322 e. The summed E-state index contributed by atoms with van der Waals surface area (Å²) in [4.78, 5) is 15.1. The summed E-state index contributed by atoms with van der Waals surface area (Å²) in [5, 5.41) is 4.12. The zero-order valence-electron chi connectivity index (χ0n) is 17.8. The molecule has 1 aliphatic carbocycles. The minimum atomic E-state index is -0.200. The molecule has 0 heterocycles. The van der Waals surface area contributed by atoms with E-state index in [4.69, 9.17) is 23.2 Å². The summed E-state index contributed by atoms with van der Waals surface area (Å²) in [7, 11) is 4.25. The average Bonchev–Trinajstić information content (AvgIpc) is 2.73. The van der Waals surface area contributed by atoms with Gasteiger partial charge in [0.15, 0.2) is 0 Å². The van der Waals surface area contributed by atoms with E-state index in [1.807, 2.05) is 42.5 Å². The molecule has 0 radical (unpaired) electrons. The number of carbonyl (C=O) groups is 1. The highest BCUT2D eigenvalue weighted by atomic mass is 35.5. The van der Waals surface area contributed by atoms with E-state index in [-0.39, 0.29) is 5.91 Å². The van der Waals surface area contributed by atoms with Gasteiger partial charge in [-0.1, -0.05) is 47.5 Å². The van der Waals surface area contributed by atoms with Gasteiger partial charge in [-0.25, -0.2) is 0 Å². The summed E-state index contributed by atoms with van der Waals surface area (Å²) in [6.07, 6.45) is 3.33. The molecule has 0 aliphatic heterocycles. The van der Waals surface area contributed by atoms with E-state index < -0.39 is 0 Å². The van der Waals surface area contributed by atoms with Crippen molar-refractivity contribution < 1.29 is 4.79 Å². The highest BCUT2D eigenvalue weighted by Crippen LogP contribution is 2.30. The molecule has 0 saturated carbocycles. The van der Waals surface area contributed by atoms with E-state index in [0.717, 1.165) is 36.2 Å². The maximum atomic E-state index is 12.9. The average molecular weight is 453 g/mol. The van der Waals surface area contributed by atoms with Gasteiger partial charge in [0.05, 0.1) is 10.6 Å². The number of nitrogens with one attached hydrogen (secondary N) is 1. The van der Waals surface area contributed by atoms with Gasteiger partial charge in [0.25, 0.3) is 5.91 Å². The lowest BCUT2D eigenvalue weighted by atomic mass is 9.83. The zero-order valence-corrected chi connectivity index (χ0v) is 19.3. The Bertz CT molecular complexity index is 1090. The number of carbonyl (C=O) groups excluding carboxylic acids is 1. The van der Waals surface area contributed by atoms with Crippen LogP contribution in [0.3, 0.4) is 0 Å². The van der Waals surface area contributed by atoms with Crippen LogP contribution >= 0.6 is 23.2 Å². The summed E-state index contributed by atoms with van der Waals surface area (Å²) in [6.45, 7) is 1.11. The standard InChI is InChI=1S/C26H26Cl2N2O/c1-30(2)16-17-3-4-20-14-23(11-7-19(20)13-17)29-26(31)24-12-8-21(15-25(24)28)18-5-9-22(27)10-6-18/h5-12,14-15,17H,3-4,13,16H2,1-2H3,(H,29,31). The molecule has 1 unspecified atom stereocenters.